The predicted octanol–water partition coefficient (Wildman–Crippen LogP) is 5.94. The first kappa shape index (κ1) is 20.4. The fourth-order valence-corrected chi connectivity index (χ4v) is 2.65. The van der Waals surface area contributed by atoms with E-state index in [1.54, 1.807) is 30.3 Å². The van der Waals surface area contributed by atoms with E-state index in [0.29, 0.717) is 17.7 Å². The Morgan fingerprint density at radius 3 is 2.00 bits per heavy atom. The molecule has 0 unspecified atom stereocenters. The van der Waals surface area contributed by atoms with Gasteiger partial charge in [-0.05, 0) is 25.1 Å². The van der Waals surface area contributed by atoms with Crippen molar-refractivity contribution in [1.29, 1.82) is 0 Å². The Morgan fingerprint density at radius 2 is 1.48 bits per heavy atom. The smallest absolute Gasteiger partial charge is 0.360 e. The highest BCUT2D eigenvalue weighted by atomic mass is 19.4. The Morgan fingerprint density at radius 1 is 0.931 bits per heavy atom. The third-order valence-electron chi connectivity index (χ3n) is 3.98. The molecular weight excluding hydrogens is 402 g/mol. The van der Waals surface area contributed by atoms with Gasteiger partial charge in [-0.25, -0.2) is 0 Å². The summed E-state index contributed by atoms with van der Waals surface area (Å²) in [6.07, 6.45) is -10.0. The fourth-order valence-electron chi connectivity index (χ4n) is 2.65. The molecule has 0 fully saturated rings. The minimum Gasteiger partial charge on any atom is -0.360 e. The quantitative estimate of drug-likeness (QED) is 0.540. The summed E-state index contributed by atoms with van der Waals surface area (Å²) in [6, 6.07) is 9.15. The molecule has 0 aliphatic heterocycles. The maximum atomic E-state index is 13.0. The maximum Gasteiger partial charge on any atom is 0.416 e. The van der Waals surface area contributed by atoms with Crippen molar-refractivity contribution in [3.8, 4) is 11.3 Å². The van der Waals surface area contributed by atoms with E-state index in [4.69, 9.17) is 4.52 Å². The molecule has 152 valence electrons. The van der Waals surface area contributed by atoms with Crippen LogP contribution in [0, 0.1) is 6.92 Å². The maximum absolute atomic E-state index is 13.0. The number of nitrogens with zero attached hydrogens (tertiary/aromatic N) is 1. The van der Waals surface area contributed by atoms with Gasteiger partial charge in [0.05, 0.1) is 11.1 Å². The van der Waals surface area contributed by atoms with Crippen LogP contribution in [0.25, 0.3) is 11.3 Å². The SMILES string of the molecule is Cc1onc(-c2ccccc2)c1C(=O)Nc1cc(C(F)(F)F)cc(C(F)(F)F)c1. The zero-order chi connectivity index (χ0) is 21.4. The molecule has 0 bridgehead atoms. The number of halogens is 6. The Bertz CT molecular complexity index is 1010. The highest BCUT2D eigenvalue weighted by Crippen LogP contribution is 2.38. The van der Waals surface area contributed by atoms with Gasteiger partial charge in [0.25, 0.3) is 5.91 Å². The lowest BCUT2D eigenvalue weighted by atomic mass is 10.0. The first-order valence-electron chi connectivity index (χ1n) is 8.09. The van der Waals surface area contributed by atoms with Gasteiger partial charge >= 0.3 is 12.4 Å². The summed E-state index contributed by atoms with van der Waals surface area (Å²) >= 11 is 0. The molecule has 29 heavy (non-hydrogen) atoms. The lowest BCUT2D eigenvalue weighted by molar-refractivity contribution is -0.143. The van der Waals surface area contributed by atoms with Crippen molar-refractivity contribution < 1.29 is 35.7 Å². The number of carbonyl (C=O) groups excluding carboxylic acids is 1. The van der Waals surface area contributed by atoms with Crippen LogP contribution in [0.5, 0.6) is 0 Å². The first-order valence-corrected chi connectivity index (χ1v) is 8.09. The molecule has 1 aromatic heterocycles. The number of rotatable bonds is 3. The molecule has 0 aliphatic carbocycles. The average Bonchev–Trinajstić information content (AvgIpc) is 3.02. The highest BCUT2D eigenvalue weighted by molar-refractivity contribution is 6.08. The van der Waals surface area contributed by atoms with Crippen LogP contribution < -0.4 is 5.32 Å². The van der Waals surface area contributed by atoms with Crippen LogP contribution in [0.2, 0.25) is 0 Å². The molecule has 2 aromatic carbocycles. The number of aromatic nitrogens is 1. The normalized spacial score (nSPS) is 12.1. The van der Waals surface area contributed by atoms with Crippen LogP contribution in [0.15, 0.2) is 53.1 Å². The van der Waals surface area contributed by atoms with Gasteiger partial charge < -0.3 is 9.84 Å². The van der Waals surface area contributed by atoms with Crippen molar-refractivity contribution in [3.63, 3.8) is 0 Å². The average molecular weight is 414 g/mol. The number of nitrogens with one attached hydrogen (secondary N) is 1. The number of alkyl halides is 6. The number of carbonyl (C=O) groups is 1. The van der Waals surface area contributed by atoms with Crippen molar-refractivity contribution in [1.82, 2.24) is 5.16 Å². The zero-order valence-electron chi connectivity index (χ0n) is 14.7. The second-order valence-electron chi connectivity index (χ2n) is 6.08. The van der Waals surface area contributed by atoms with Gasteiger partial charge in [0.15, 0.2) is 0 Å². The van der Waals surface area contributed by atoms with Crippen LogP contribution in [0.4, 0.5) is 32.0 Å². The summed E-state index contributed by atoms with van der Waals surface area (Å²) < 4.78 is 82.9. The summed E-state index contributed by atoms with van der Waals surface area (Å²) in [5, 5.41) is 5.85. The number of anilines is 1. The second kappa shape index (κ2) is 7.26. The minimum atomic E-state index is -5.02. The Labute approximate surface area is 160 Å². The molecule has 3 aromatic rings. The van der Waals surface area contributed by atoms with Crippen molar-refractivity contribution in [2.45, 2.75) is 19.3 Å². The van der Waals surface area contributed by atoms with Gasteiger partial charge in [-0.2, -0.15) is 26.3 Å². The fraction of sp³-hybridized carbons (Fsp3) is 0.158. The molecule has 10 heteroatoms. The molecule has 0 saturated carbocycles. The lowest BCUT2D eigenvalue weighted by Crippen LogP contribution is -2.16. The number of aryl methyl sites for hydroxylation is 1. The van der Waals surface area contributed by atoms with Gasteiger partial charge in [0, 0.05) is 11.3 Å². The van der Waals surface area contributed by atoms with E-state index in [0.717, 1.165) is 0 Å². The van der Waals surface area contributed by atoms with Crippen molar-refractivity contribution in [2.24, 2.45) is 0 Å². The summed E-state index contributed by atoms with van der Waals surface area (Å²) in [5.41, 5.74) is -3.21. The molecular formula is C19H12F6N2O2. The molecule has 0 spiro atoms. The third-order valence-corrected chi connectivity index (χ3v) is 3.98. The number of benzene rings is 2. The lowest BCUT2D eigenvalue weighted by Gasteiger charge is -2.15. The van der Waals surface area contributed by atoms with Gasteiger partial charge in [-0.3, -0.25) is 4.79 Å². The van der Waals surface area contributed by atoms with Gasteiger partial charge in [-0.1, -0.05) is 35.5 Å². The molecule has 1 N–H and O–H groups in total. The van der Waals surface area contributed by atoms with E-state index in [1.807, 2.05) is 0 Å². The molecule has 3 rings (SSSR count). The number of amides is 1. The van der Waals surface area contributed by atoms with E-state index in [2.05, 4.69) is 10.5 Å². The van der Waals surface area contributed by atoms with Crippen LogP contribution >= 0.6 is 0 Å². The topological polar surface area (TPSA) is 55.1 Å². The van der Waals surface area contributed by atoms with Crippen molar-refractivity contribution in [2.75, 3.05) is 5.32 Å². The zero-order valence-corrected chi connectivity index (χ0v) is 14.7. The summed E-state index contributed by atoms with van der Waals surface area (Å²) in [7, 11) is 0. The van der Waals surface area contributed by atoms with Crippen LogP contribution in [-0.2, 0) is 12.4 Å². The van der Waals surface area contributed by atoms with Crippen molar-refractivity contribution in [3.05, 3.63) is 71.0 Å². The Balaban J connectivity index is 2.01. The molecule has 0 saturated heterocycles. The van der Waals surface area contributed by atoms with Gasteiger partial charge in [-0.15, -0.1) is 0 Å². The van der Waals surface area contributed by atoms with Crippen LogP contribution in [0.1, 0.15) is 27.2 Å². The van der Waals surface area contributed by atoms with E-state index in [1.165, 1.54) is 6.92 Å². The summed E-state index contributed by atoms with van der Waals surface area (Å²) in [6.45, 7) is 1.40. The monoisotopic (exact) mass is 414 g/mol. The number of hydrogen-bond acceptors (Lipinski definition) is 3. The van der Waals surface area contributed by atoms with Gasteiger partial charge in [0.1, 0.15) is 17.0 Å². The van der Waals surface area contributed by atoms with Crippen LogP contribution in [-0.4, -0.2) is 11.1 Å². The Kier molecular flexibility index (Phi) is 5.12. The van der Waals surface area contributed by atoms with E-state index < -0.39 is 35.1 Å². The summed E-state index contributed by atoms with van der Waals surface area (Å²) in [4.78, 5) is 12.6. The van der Waals surface area contributed by atoms with E-state index in [-0.39, 0.29) is 23.1 Å². The predicted molar refractivity (Wildman–Crippen MR) is 91.1 cm³/mol. The van der Waals surface area contributed by atoms with E-state index in [9.17, 15) is 31.1 Å². The molecule has 4 nitrogen and oxygen atoms in total. The molecule has 1 amide bonds. The standard InChI is InChI=1S/C19H12F6N2O2/c1-10-15(16(27-29-10)11-5-3-2-4-6-11)17(28)26-14-8-12(18(20,21)22)7-13(9-14)19(23,24)25/h2-9H,1H3,(H,26,28). The molecule has 1 heterocycles. The molecule has 0 atom stereocenters. The van der Waals surface area contributed by atoms with Gasteiger partial charge in [0.2, 0.25) is 0 Å². The first-order chi connectivity index (χ1) is 13.5. The molecule has 0 radical (unpaired) electrons. The van der Waals surface area contributed by atoms with E-state index >= 15 is 0 Å². The van der Waals surface area contributed by atoms with Crippen molar-refractivity contribution >= 4 is 11.6 Å². The summed E-state index contributed by atoms with van der Waals surface area (Å²) in [5.74, 6) is -0.889. The molecule has 0 aliphatic rings. The second-order valence-corrected chi connectivity index (χ2v) is 6.08. The highest BCUT2D eigenvalue weighted by Gasteiger charge is 2.37. The third kappa shape index (κ3) is 4.41. The number of hydrogen-bond donors (Lipinski definition) is 1. The largest absolute Gasteiger partial charge is 0.416 e. The van der Waals surface area contributed by atoms with Crippen LogP contribution in [0.3, 0.4) is 0 Å². The Hall–Kier alpha value is -3.30. The minimum absolute atomic E-state index is 0.0181.